The monoisotopic (exact) mass is 401 g/mol. The summed E-state index contributed by atoms with van der Waals surface area (Å²) in [6, 6.07) is 11.0. The highest BCUT2D eigenvalue weighted by Gasteiger charge is 2.30. The van der Waals surface area contributed by atoms with Gasteiger partial charge in [-0.3, -0.25) is 9.59 Å². The van der Waals surface area contributed by atoms with E-state index in [-0.39, 0.29) is 27.7 Å². The number of anilines is 1. The van der Waals surface area contributed by atoms with Gasteiger partial charge in [-0.05, 0) is 49.4 Å². The third kappa shape index (κ3) is 3.04. The Kier molecular flexibility index (Phi) is 4.12. The molecular formula is C18H15N3O4S2. The van der Waals surface area contributed by atoms with Gasteiger partial charge in [-0.1, -0.05) is 0 Å². The Morgan fingerprint density at radius 2 is 2.04 bits per heavy atom. The second-order valence-corrected chi connectivity index (χ2v) is 9.21. The first-order valence-corrected chi connectivity index (χ1v) is 10.3. The fourth-order valence-corrected chi connectivity index (χ4v) is 5.19. The molecule has 138 valence electrons. The van der Waals surface area contributed by atoms with E-state index in [4.69, 9.17) is 0 Å². The normalized spacial score (nSPS) is 14.6. The fraction of sp³-hybridized carbons (Fsp3) is 0.111. The summed E-state index contributed by atoms with van der Waals surface area (Å²) < 4.78 is 26.5. The molecule has 0 aliphatic carbocycles. The van der Waals surface area contributed by atoms with Gasteiger partial charge in [0.05, 0.1) is 12.2 Å². The molecule has 27 heavy (non-hydrogen) atoms. The van der Waals surface area contributed by atoms with E-state index >= 15 is 0 Å². The fourth-order valence-electron chi connectivity index (χ4n) is 2.89. The van der Waals surface area contributed by atoms with Crippen molar-refractivity contribution >= 4 is 38.9 Å². The minimum Gasteiger partial charge on any atom is -0.347 e. The molecule has 2 N–H and O–H groups in total. The highest BCUT2D eigenvalue weighted by molar-refractivity contribution is 7.90. The maximum Gasteiger partial charge on any atom is 0.273 e. The van der Waals surface area contributed by atoms with Crippen LogP contribution in [0.15, 0.2) is 53.6 Å². The molecule has 2 aromatic heterocycles. The number of nitrogens with zero attached hydrogens (tertiary/aromatic N) is 1. The second kappa shape index (κ2) is 6.36. The van der Waals surface area contributed by atoms with Crippen LogP contribution in [0.25, 0.3) is 0 Å². The van der Waals surface area contributed by atoms with Crippen molar-refractivity contribution in [2.75, 3.05) is 5.32 Å². The molecule has 4 rings (SSSR count). The van der Waals surface area contributed by atoms with Gasteiger partial charge in [-0.15, -0.1) is 11.3 Å². The highest BCUT2D eigenvalue weighted by Crippen LogP contribution is 2.29. The van der Waals surface area contributed by atoms with Gasteiger partial charge in [0.1, 0.15) is 10.6 Å². The van der Waals surface area contributed by atoms with Crippen molar-refractivity contribution in [1.82, 2.24) is 9.29 Å². The van der Waals surface area contributed by atoms with Gasteiger partial charge < -0.3 is 10.6 Å². The number of carbonyl (C=O) groups excluding carboxylic acids is 2. The summed E-state index contributed by atoms with van der Waals surface area (Å²) in [7, 11) is -3.92. The first-order valence-electron chi connectivity index (χ1n) is 8.08. The lowest BCUT2D eigenvalue weighted by atomic mass is 10.2. The molecule has 7 nitrogen and oxygen atoms in total. The van der Waals surface area contributed by atoms with Crippen molar-refractivity contribution in [3.05, 3.63) is 69.7 Å². The molecule has 0 spiro atoms. The lowest BCUT2D eigenvalue weighted by Crippen LogP contribution is -2.22. The number of thiophene rings is 1. The zero-order valence-corrected chi connectivity index (χ0v) is 15.9. The van der Waals surface area contributed by atoms with Crippen LogP contribution in [0.3, 0.4) is 0 Å². The summed E-state index contributed by atoms with van der Waals surface area (Å²) in [6.07, 6.45) is 1.32. The van der Waals surface area contributed by atoms with E-state index in [2.05, 4.69) is 10.6 Å². The van der Waals surface area contributed by atoms with E-state index in [1.165, 1.54) is 36.5 Å². The molecule has 0 fully saturated rings. The van der Waals surface area contributed by atoms with Crippen molar-refractivity contribution in [3.8, 4) is 0 Å². The van der Waals surface area contributed by atoms with Crippen LogP contribution in [0.1, 0.15) is 30.6 Å². The van der Waals surface area contributed by atoms with Gasteiger partial charge in [0, 0.05) is 21.5 Å². The SMILES string of the molecule is Cc1ccc(CNC(=O)c2ccc3c(c2)NC(=O)c2cccn2S3(=O)=O)s1. The molecule has 0 atom stereocenters. The van der Waals surface area contributed by atoms with Gasteiger partial charge in [0.25, 0.3) is 21.8 Å². The number of nitrogens with one attached hydrogen (secondary N) is 2. The lowest BCUT2D eigenvalue weighted by molar-refractivity contribution is 0.0949. The Balaban J connectivity index is 1.64. The number of aromatic nitrogens is 1. The molecule has 0 unspecified atom stereocenters. The summed E-state index contributed by atoms with van der Waals surface area (Å²) in [5, 5.41) is 5.38. The van der Waals surface area contributed by atoms with Crippen LogP contribution in [-0.2, 0) is 16.6 Å². The summed E-state index contributed by atoms with van der Waals surface area (Å²) in [4.78, 5) is 26.9. The first-order chi connectivity index (χ1) is 12.9. The van der Waals surface area contributed by atoms with E-state index in [9.17, 15) is 18.0 Å². The molecule has 3 heterocycles. The average molecular weight is 401 g/mol. The van der Waals surface area contributed by atoms with Crippen molar-refractivity contribution < 1.29 is 18.0 Å². The number of hydrogen-bond acceptors (Lipinski definition) is 5. The van der Waals surface area contributed by atoms with Crippen molar-refractivity contribution in [1.29, 1.82) is 0 Å². The van der Waals surface area contributed by atoms with Crippen molar-refractivity contribution in [2.45, 2.75) is 18.4 Å². The molecule has 0 bridgehead atoms. The molecular weight excluding hydrogens is 386 g/mol. The first kappa shape index (κ1) is 17.5. The van der Waals surface area contributed by atoms with E-state index in [1.807, 2.05) is 19.1 Å². The molecule has 0 radical (unpaired) electrons. The Hall–Kier alpha value is -2.91. The Labute approximate surface area is 159 Å². The number of fused-ring (bicyclic) bond motifs is 2. The van der Waals surface area contributed by atoms with Crippen LogP contribution in [-0.4, -0.2) is 24.2 Å². The standard InChI is InChI=1S/C18H15N3O4S2/c1-11-4-6-13(26-11)10-19-17(22)12-5-7-16-14(9-12)20-18(23)15-3-2-8-21(15)27(16,24)25/h2-9H,10H2,1H3,(H,19,22)(H,20,23). The van der Waals surface area contributed by atoms with Crippen LogP contribution in [0.2, 0.25) is 0 Å². The Bertz CT molecular complexity index is 1170. The third-order valence-electron chi connectivity index (χ3n) is 4.19. The summed E-state index contributed by atoms with van der Waals surface area (Å²) in [6.45, 7) is 2.37. The maximum absolute atomic E-state index is 12.8. The molecule has 9 heteroatoms. The van der Waals surface area contributed by atoms with Crippen LogP contribution in [0.4, 0.5) is 5.69 Å². The summed E-state index contributed by atoms with van der Waals surface area (Å²) in [5.41, 5.74) is 0.373. The zero-order valence-electron chi connectivity index (χ0n) is 14.2. The minimum atomic E-state index is -3.92. The number of rotatable bonds is 3. The lowest BCUT2D eigenvalue weighted by Gasteiger charge is -2.10. The molecule has 1 aliphatic heterocycles. The third-order valence-corrected chi connectivity index (χ3v) is 6.94. The van der Waals surface area contributed by atoms with Crippen LogP contribution in [0.5, 0.6) is 0 Å². The number of hydrogen-bond donors (Lipinski definition) is 2. The van der Waals surface area contributed by atoms with Crippen molar-refractivity contribution in [2.24, 2.45) is 0 Å². The van der Waals surface area contributed by atoms with Crippen LogP contribution >= 0.6 is 11.3 Å². The largest absolute Gasteiger partial charge is 0.347 e. The van der Waals surface area contributed by atoms with E-state index in [1.54, 1.807) is 11.3 Å². The maximum atomic E-state index is 12.8. The molecule has 1 aromatic carbocycles. The highest BCUT2D eigenvalue weighted by atomic mass is 32.2. The minimum absolute atomic E-state index is 0.0188. The average Bonchev–Trinajstić information content (AvgIpc) is 3.27. The topological polar surface area (TPSA) is 97.3 Å². The number of carbonyl (C=O) groups is 2. The van der Waals surface area contributed by atoms with Crippen LogP contribution < -0.4 is 10.6 Å². The van der Waals surface area contributed by atoms with Crippen molar-refractivity contribution in [3.63, 3.8) is 0 Å². The molecule has 1 aliphatic rings. The number of aryl methyl sites for hydroxylation is 1. The predicted octanol–water partition coefficient (Wildman–Crippen LogP) is 2.59. The quantitative estimate of drug-likeness (QED) is 0.705. The zero-order chi connectivity index (χ0) is 19.2. The van der Waals surface area contributed by atoms with Gasteiger partial charge in [0.2, 0.25) is 0 Å². The van der Waals surface area contributed by atoms with Gasteiger partial charge in [0.15, 0.2) is 0 Å². The molecule has 0 saturated carbocycles. The Morgan fingerprint density at radius 1 is 1.22 bits per heavy atom. The van der Waals surface area contributed by atoms with Gasteiger partial charge >= 0.3 is 0 Å². The number of amides is 2. The van der Waals surface area contributed by atoms with E-state index in [0.29, 0.717) is 6.54 Å². The summed E-state index contributed by atoms with van der Waals surface area (Å²) >= 11 is 1.59. The summed E-state index contributed by atoms with van der Waals surface area (Å²) in [5.74, 6) is -0.895. The molecule has 0 saturated heterocycles. The number of benzene rings is 1. The smallest absolute Gasteiger partial charge is 0.273 e. The van der Waals surface area contributed by atoms with E-state index < -0.39 is 15.9 Å². The molecule has 2 amide bonds. The predicted molar refractivity (Wildman–Crippen MR) is 102 cm³/mol. The van der Waals surface area contributed by atoms with Crippen LogP contribution in [0, 0.1) is 6.92 Å². The van der Waals surface area contributed by atoms with E-state index in [0.717, 1.165) is 13.7 Å². The second-order valence-electron chi connectivity index (χ2n) is 6.05. The van der Waals surface area contributed by atoms with Gasteiger partial charge in [-0.2, -0.15) is 0 Å². The molecule has 3 aromatic rings. The Morgan fingerprint density at radius 3 is 2.78 bits per heavy atom. The van der Waals surface area contributed by atoms with Gasteiger partial charge in [-0.25, -0.2) is 12.4 Å².